The van der Waals surface area contributed by atoms with E-state index >= 15 is 0 Å². The van der Waals surface area contributed by atoms with Crippen LogP contribution in [0, 0.1) is 11.8 Å². The summed E-state index contributed by atoms with van der Waals surface area (Å²) in [6.45, 7) is 4.05. The highest BCUT2D eigenvalue weighted by atomic mass is 35.5. The van der Waals surface area contributed by atoms with E-state index in [1.165, 1.54) is 6.42 Å². The molecule has 158 valence electrons. The summed E-state index contributed by atoms with van der Waals surface area (Å²) in [5.74, 6) is 0.922. The number of halogens is 2. The van der Waals surface area contributed by atoms with Gasteiger partial charge in [0.15, 0.2) is 0 Å². The lowest BCUT2D eigenvalue weighted by atomic mass is 9.91. The van der Waals surface area contributed by atoms with Gasteiger partial charge in [-0.15, -0.1) is 24.8 Å². The molecule has 6 nitrogen and oxygen atoms in total. The first-order valence-corrected chi connectivity index (χ1v) is 9.81. The normalized spacial score (nSPS) is 20.1. The zero-order chi connectivity index (χ0) is 18.4. The molecule has 2 aliphatic rings. The van der Waals surface area contributed by atoms with Crippen molar-refractivity contribution in [1.82, 2.24) is 20.1 Å². The number of nitrogens with one attached hydrogen (secondary N) is 1. The molecule has 3 heterocycles. The predicted octanol–water partition coefficient (Wildman–Crippen LogP) is 2.63. The molecule has 0 spiro atoms. The fraction of sp³-hybridized carbons (Fsp3) is 0.650. The van der Waals surface area contributed by atoms with Crippen molar-refractivity contribution >= 4 is 36.6 Å². The number of aromatic nitrogens is 1. The van der Waals surface area contributed by atoms with E-state index in [-0.39, 0.29) is 42.5 Å². The second-order valence-electron chi connectivity index (χ2n) is 7.49. The number of nitrogens with zero attached hydrogens (tertiary/aromatic N) is 3. The van der Waals surface area contributed by atoms with Gasteiger partial charge in [-0.1, -0.05) is 0 Å². The smallest absolute Gasteiger partial charge is 0.253 e. The Labute approximate surface area is 180 Å². The molecule has 0 saturated carbocycles. The molecule has 1 aromatic rings. The minimum absolute atomic E-state index is 0. The van der Waals surface area contributed by atoms with E-state index < -0.39 is 0 Å². The topological polar surface area (TPSA) is 65.5 Å². The Kier molecular flexibility index (Phi) is 10.8. The van der Waals surface area contributed by atoms with E-state index in [1.54, 1.807) is 24.5 Å². The number of rotatable bonds is 5. The molecule has 1 atom stereocenters. The van der Waals surface area contributed by atoms with Crippen molar-refractivity contribution in [3.05, 3.63) is 30.1 Å². The van der Waals surface area contributed by atoms with Gasteiger partial charge in [-0.2, -0.15) is 0 Å². The number of likely N-dealkylation sites (tertiary alicyclic amines) is 2. The van der Waals surface area contributed by atoms with Crippen LogP contribution in [0.2, 0.25) is 0 Å². The quantitative estimate of drug-likeness (QED) is 0.779. The monoisotopic (exact) mass is 430 g/mol. The van der Waals surface area contributed by atoms with Crippen molar-refractivity contribution in [2.24, 2.45) is 11.8 Å². The highest BCUT2D eigenvalue weighted by molar-refractivity contribution is 5.94. The van der Waals surface area contributed by atoms with Gasteiger partial charge >= 0.3 is 0 Å². The van der Waals surface area contributed by atoms with E-state index in [2.05, 4.69) is 10.3 Å². The molecule has 2 saturated heterocycles. The van der Waals surface area contributed by atoms with Crippen LogP contribution in [0.15, 0.2) is 24.5 Å². The lowest BCUT2D eigenvalue weighted by Gasteiger charge is -2.38. The van der Waals surface area contributed by atoms with Crippen molar-refractivity contribution in [1.29, 1.82) is 0 Å². The molecule has 1 N–H and O–H groups in total. The first-order valence-electron chi connectivity index (χ1n) is 9.81. The van der Waals surface area contributed by atoms with Crippen LogP contribution in [0.1, 0.15) is 42.5 Å². The Hall–Kier alpha value is -1.37. The molecule has 1 aromatic heterocycles. The van der Waals surface area contributed by atoms with Crippen molar-refractivity contribution in [3.8, 4) is 0 Å². The Balaban J connectivity index is 0.00000196. The van der Waals surface area contributed by atoms with Gasteiger partial charge in [-0.25, -0.2) is 0 Å². The van der Waals surface area contributed by atoms with E-state index in [9.17, 15) is 9.59 Å². The van der Waals surface area contributed by atoms with Gasteiger partial charge in [0, 0.05) is 44.1 Å². The first kappa shape index (κ1) is 24.7. The number of piperidine rings is 2. The van der Waals surface area contributed by atoms with Gasteiger partial charge in [0.1, 0.15) is 0 Å². The van der Waals surface area contributed by atoms with Crippen LogP contribution in [-0.4, -0.2) is 66.4 Å². The van der Waals surface area contributed by atoms with Gasteiger partial charge in [0.2, 0.25) is 5.91 Å². The number of hydrogen-bond donors (Lipinski definition) is 1. The van der Waals surface area contributed by atoms with Crippen LogP contribution < -0.4 is 5.32 Å². The lowest BCUT2D eigenvalue weighted by Crippen LogP contribution is -2.48. The fourth-order valence-electron chi connectivity index (χ4n) is 4.09. The Morgan fingerprint density at radius 3 is 2.39 bits per heavy atom. The molecule has 2 amide bonds. The summed E-state index contributed by atoms with van der Waals surface area (Å²) in [6.07, 6.45) is 8.44. The maximum atomic E-state index is 12.9. The van der Waals surface area contributed by atoms with Crippen LogP contribution in [0.4, 0.5) is 0 Å². The van der Waals surface area contributed by atoms with E-state index in [1.807, 2.05) is 16.8 Å². The molecular formula is C20H32Cl2N4O2. The van der Waals surface area contributed by atoms with Crippen LogP contribution in [0.25, 0.3) is 0 Å². The number of pyridine rings is 1. The summed E-state index contributed by atoms with van der Waals surface area (Å²) < 4.78 is 0. The zero-order valence-electron chi connectivity index (χ0n) is 16.5. The van der Waals surface area contributed by atoms with E-state index in [0.717, 1.165) is 57.8 Å². The Bertz CT molecular complexity index is 609. The summed E-state index contributed by atoms with van der Waals surface area (Å²) in [5, 5.41) is 3.21. The number of hydrogen-bond acceptors (Lipinski definition) is 4. The summed E-state index contributed by atoms with van der Waals surface area (Å²) in [4.78, 5) is 33.4. The molecule has 0 aliphatic carbocycles. The zero-order valence-corrected chi connectivity index (χ0v) is 18.1. The Morgan fingerprint density at radius 2 is 1.75 bits per heavy atom. The third-order valence-electron chi connectivity index (χ3n) is 5.71. The van der Waals surface area contributed by atoms with Gasteiger partial charge in [-0.05, 0) is 63.7 Å². The summed E-state index contributed by atoms with van der Waals surface area (Å²) in [6, 6.07) is 3.48. The van der Waals surface area contributed by atoms with Crippen LogP contribution in [-0.2, 0) is 4.79 Å². The van der Waals surface area contributed by atoms with Crippen molar-refractivity contribution in [2.45, 2.75) is 32.1 Å². The maximum absolute atomic E-state index is 12.9. The molecule has 3 rings (SSSR count). The second-order valence-corrected chi connectivity index (χ2v) is 7.49. The molecule has 0 radical (unpaired) electrons. The summed E-state index contributed by atoms with van der Waals surface area (Å²) in [7, 11) is 1.99. The predicted molar refractivity (Wildman–Crippen MR) is 115 cm³/mol. The molecule has 2 aliphatic heterocycles. The number of carbonyl (C=O) groups is 2. The molecule has 0 aromatic carbocycles. The molecule has 2 fully saturated rings. The largest absolute Gasteiger partial charge is 0.342 e. The number of carbonyl (C=O) groups excluding carboxylic acids is 2. The van der Waals surface area contributed by atoms with Crippen LogP contribution in [0.5, 0.6) is 0 Å². The van der Waals surface area contributed by atoms with Crippen LogP contribution >= 0.6 is 24.8 Å². The standard InChI is InChI=1S/C20H30N4O2.2ClH/c1-21-9-4-16-7-13-23(14-8-16)20(26)18-3-2-12-24(15-18)19(25)17-5-10-22-11-6-17;;/h5-6,10-11,16,18,21H,2-4,7-9,12-15H2,1H3;2*1H. The van der Waals surface area contributed by atoms with Gasteiger partial charge in [0.25, 0.3) is 5.91 Å². The highest BCUT2D eigenvalue weighted by Crippen LogP contribution is 2.25. The molecule has 8 heteroatoms. The Morgan fingerprint density at radius 1 is 1.07 bits per heavy atom. The average molecular weight is 431 g/mol. The minimum Gasteiger partial charge on any atom is -0.342 e. The van der Waals surface area contributed by atoms with Gasteiger partial charge in [-0.3, -0.25) is 14.6 Å². The second kappa shape index (κ2) is 12.2. The molecule has 1 unspecified atom stereocenters. The van der Waals surface area contributed by atoms with Crippen molar-refractivity contribution < 1.29 is 9.59 Å². The number of amides is 2. The summed E-state index contributed by atoms with van der Waals surface area (Å²) in [5.41, 5.74) is 0.651. The third-order valence-corrected chi connectivity index (χ3v) is 5.71. The summed E-state index contributed by atoms with van der Waals surface area (Å²) >= 11 is 0. The molecular weight excluding hydrogens is 399 g/mol. The van der Waals surface area contributed by atoms with E-state index in [0.29, 0.717) is 12.1 Å². The van der Waals surface area contributed by atoms with Crippen molar-refractivity contribution in [2.75, 3.05) is 39.8 Å². The minimum atomic E-state index is -0.0524. The first-order chi connectivity index (χ1) is 12.7. The van der Waals surface area contributed by atoms with E-state index in [4.69, 9.17) is 0 Å². The van der Waals surface area contributed by atoms with Crippen LogP contribution in [0.3, 0.4) is 0 Å². The average Bonchev–Trinajstić information content (AvgIpc) is 2.72. The third kappa shape index (κ3) is 6.33. The SMILES string of the molecule is CNCCC1CCN(C(=O)C2CCCN(C(=O)c3ccncc3)C2)CC1.Cl.Cl. The molecule has 0 bridgehead atoms. The van der Waals surface area contributed by atoms with Gasteiger partial charge in [0.05, 0.1) is 5.92 Å². The molecule has 28 heavy (non-hydrogen) atoms. The van der Waals surface area contributed by atoms with Gasteiger partial charge < -0.3 is 15.1 Å². The van der Waals surface area contributed by atoms with Crippen molar-refractivity contribution in [3.63, 3.8) is 0 Å². The maximum Gasteiger partial charge on any atom is 0.253 e. The highest BCUT2D eigenvalue weighted by Gasteiger charge is 2.33. The lowest BCUT2D eigenvalue weighted by molar-refractivity contribution is -0.138. The fourth-order valence-corrected chi connectivity index (χ4v) is 4.09.